The number of nitrogens with zero attached hydrogens (tertiary/aromatic N) is 2. The second-order valence-electron chi connectivity index (χ2n) is 6.60. The molecule has 0 unspecified atom stereocenters. The van der Waals surface area contributed by atoms with Crippen molar-refractivity contribution in [3.63, 3.8) is 0 Å². The zero-order valence-electron chi connectivity index (χ0n) is 15.2. The van der Waals surface area contributed by atoms with Crippen molar-refractivity contribution in [3.8, 4) is 0 Å². The molecule has 2 aromatic rings. The fraction of sp³-hybridized carbons (Fsp3) is 0.333. The van der Waals surface area contributed by atoms with Crippen molar-refractivity contribution < 1.29 is 14.0 Å². The zero-order valence-corrected chi connectivity index (χ0v) is 15.2. The number of amides is 2. The maximum Gasteiger partial charge on any atom is 0.254 e. The van der Waals surface area contributed by atoms with Crippen LogP contribution in [0.5, 0.6) is 0 Å². The average Bonchev–Trinajstić information content (AvgIpc) is 2.69. The molecule has 26 heavy (non-hydrogen) atoms. The molecule has 0 spiro atoms. The first-order valence-electron chi connectivity index (χ1n) is 8.93. The van der Waals surface area contributed by atoms with Crippen LogP contribution >= 0.6 is 0 Å². The molecule has 1 aliphatic heterocycles. The van der Waals surface area contributed by atoms with E-state index in [4.69, 9.17) is 0 Å². The number of piperazine rings is 1. The Hall–Kier alpha value is -2.69. The van der Waals surface area contributed by atoms with Gasteiger partial charge < -0.3 is 9.80 Å². The number of halogens is 1. The molecule has 0 aromatic heterocycles. The van der Waals surface area contributed by atoms with Crippen molar-refractivity contribution in [2.45, 2.75) is 20.3 Å². The molecule has 2 aromatic carbocycles. The molecular weight excluding hydrogens is 331 g/mol. The van der Waals surface area contributed by atoms with Gasteiger partial charge in [-0.25, -0.2) is 4.39 Å². The standard InChI is InChI=1S/C21H23FN2O2/c1-3-16-5-8-17(9-6-16)20(25)23-10-12-24(13-11-23)21(26)18-7-4-15(2)19(22)14-18/h4-9,14H,3,10-13H2,1-2H3. The number of hydrogen-bond donors (Lipinski definition) is 0. The molecule has 1 aliphatic rings. The van der Waals surface area contributed by atoms with Crippen LogP contribution in [0.2, 0.25) is 0 Å². The number of carbonyl (C=O) groups excluding carboxylic acids is 2. The third kappa shape index (κ3) is 3.77. The number of rotatable bonds is 3. The fourth-order valence-electron chi connectivity index (χ4n) is 3.09. The molecule has 0 atom stereocenters. The summed E-state index contributed by atoms with van der Waals surface area (Å²) in [5, 5.41) is 0. The molecule has 136 valence electrons. The molecule has 0 saturated carbocycles. The first kappa shape index (κ1) is 18.1. The molecule has 2 amide bonds. The lowest BCUT2D eigenvalue weighted by molar-refractivity contribution is 0.0535. The SMILES string of the molecule is CCc1ccc(C(=O)N2CCN(C(=O)c3ccc(C)c(F)c3)CC2)cc1. The summed E-state index contributed by atoms with van der Waals surface area (Å²) in [4.78, 5) is 28.6. The van der Waals surface area contributed by atoms with Crippen molar-refractivity contribution >= 4 is 11.8 Å². The molecule has 5 heteroatoms. The Morgan fingerprint density at radius 2 is 1.38 bits per heavy atom. The first-order valence-corrected chi connectivity index (χ1v) is 8.93. The fourth-order valence-corrected chi connectivity index (χ4v) is 3.09. The number of benzene rings is 2. The van der Waals surface area contributed by atoms with Crippen molar-refractivity contribution in [2.24, 2.45) is 0 Å². The summed E-state index contributed by atoms with van der Waals surface area (Å²) < 4.78 is 13.7. The van der Waals surface area contributed by atoms with Crippen molar-refractivity contribution in [1.82, 2.24) is 9.80 Å². The lowest BCUT2D eigenvalue weighted by Gasteiger charge is -2.35. The number of carbonyl (C=O) groups is 2. The molecule has 0 N–H and O–H groups in total. The second kappa shape index (κ2) is 7.68. The van der Waals surface area contributed by atoms with Gasteiger partial charge in [-0.2, -0.15) is 0 Å². The minimum atomic E-state index is -0.375. The van der Waals surface area contributed by atoms with Gasteiger partial charge in [0.05, 0.1) is 0 Å². The molecule has 1 heterocycles. The number of aryl methyl sites for hydroxylation is 2. The van der Waals surface area contributed by atoms with Crippen LogP contribution < -0.4 is 0 Å². The Morgan fingerprint density at radius 1 is 0.885 bits per heavy atom. The largest absolute Gasteiger partial charge is 0.335 e. The highest BCUT2D eigenvalue weighted by Crippen LogP contribution is 2.15. The first-order chi connectivity index (χ1) is 12.5. The summed E-state index contributed by atoms with van der Waals surface area (Å²) in [6.07, 6.45) is 0.939. The van der Waals surface area contributed by atoms with Gasteiger partial charge in [0.15, 0.2) is 0 Å². The minimum absolute atomic E-state index is 0.0128. The van der Waals surface area contributed by atoms with Gasteiger partial charge >= 0.3 is 0 Å². The summed E-state index contributed by atoms with van der Waals surface area (Å²) in [6.45, 7) is 5.61. The van der Waals surface area contributed by atoms with Crippen molar-refractivity contribution in [2.75, 3.05) is 26.2 Å². The van der Waals surface area contributed by atoms with Crippen LogP contribution in [0.4, 0.5) is 4.39 Å². The van der Waals surface area contributed by atoms with Crippen LogP contribution in [-0.2, 0) is 6.42 Å². The van der Waals surface area contributed by atoms with Gasteiger partial charge in [-0.3, -0.25) is 9.59 Å². The van der Waals surface area contributed by atoms with Crippen LogP contribution in [0.3, 0.4) is 0 Å². The summed E-state index contributed by atoms with van der Waals surface area (Å²) in [5.74, 6) is -0.579. The van der Waals surface area contributed by atoms with E-state index in [0.717, 1.165) is 6.42 Å². The molecule has 0 aliphatic carbocycles. The summed E-state index contributed by atoms with van der Waals surface area (Å²) in [6, 6.07) is 12.2. The Balaban J connectivity index is 1.61. The lowest BCUT2D eigenvalue weighted by Crippen LogP contribution is -2.50. The van der Waals surface area contributed by atoms with Gasteiger partial charge in [-0.1, -0.05) is 25.1 Å². The van der Waals surface area contributed by atoms with Crippen LogP contribution in [0.1, 0.15) is 38.8 Å². The van der Waals surface area contributed by atoms with E-state index in [-0.39, 0.29) is 17.6 Å². The van der Waals surface area contributed by atoms with E-state index in [2.05, 4.69) is 6.92 Å². The Kier molecular flexibility index (Phi) is 5.35. The average molecular weight is 354 g/mol. The second-order valence-corrected chi connectivity index (χ2v) is 6.60. The van der Waals surface area contributed by atoms with Crippen molar-refractivity contribution in [1.29, 1.82) is 0 Å². The smallest absolute Gasteiger partial charge is 0.254 e. The maximum absolute atomic E-state index is 13.7. The predicted molar refractivity (Wildman–Crippen MR) is 98.8 cm³/mol. The van der Waals surface area contributed by atoms with E-state index in [9.17, 15) is 14.0 Å². The predicted octanol–water partition coefficient (Wildman–Crippen LogP) is 3.29. The van der Waals surface area contributed by atoms with Crippen LogP contribution in [0.15, 0.2) is 42.5 Å². The van der Waals surface area contributed by atoms with E-state index in [1.807, 2.05) is 24.3 Å². The third-order valence-corrected chi connectivity index (χ3v) is 4.88. The minimum Gasteiger partial charge on any atom is -0.335 e. The van der Waals surface area contributed by atoms with Gasteiger partial charge in [0.2, 0.25) is 0 Å². The van der Waals surface area contributed by atoms with Crippen LogP contribution in [0.25, 0.3) is 0 Å². The van der Waals surface area contributed by atoms with E-state index >= 15 is 0 Å². The van der Waals surface area contributed by atoms with E-state index in [1.165, 1.54) is 11.6 Å². The highest BCUT2D eigenvalue weighted by atomic mass is 19.1. The maximum atomic E-state index is 13.7. The molecule has 1 saturated heterocycles. The summed E-state index contributed by atoms with van der Waals surface area (Å²) >= 11 is 0. The van der Waals surface area contributed by atoms with Gasteiger partial charge in [-0.05, 0) is 48.7 Å². The van der Waals surface area contributed by atoms with Gasteiger partial charge in [0.25, 0.3) is 11.8 Å². The van der Waals surface area contributed by atoms with Gasteiger partial charge in [0, 0.05) is 37.3 Å². The molecular formula is C21H23FN2O2. The number of hydrogen-bond acceptors (Lipinski definition) is 2. The Bertz CT molecular complexity index is 809. The molecule has 0 radical (unpaired) electrons. The monoisotopic (exact) mass is 354 g/mol. The molecule has 0 bridgehead atoms. The zero-order chi connectivity index (χ0) is 18.7. The van der Waals surface area contributed by atoms with Gasteiger partial charge in [0.1, 0.15) is 5.82 Å². The Morgan fingerprint density at radius 3 is 1.88 bits per heavy atom. The van der Waals surface area contributed by atoms with Crippen LogP contribution in [-0.4, -0.2) is 47.8 Å². The topological polar surface area (TPSA) is 40.6 Å². The van der Waals surface area contributed by atoms with E-state index in [1.54, 1.807) is 28.9 Å². The van der Waals surface area contributed by atoms with E-state index < -0.39 is 0 Å². The van der Waals surface area contributed by atoms with Crippen molar-refractivity contribution in [3.05, 3.63) is 70.5 Å². The highest BCUT2D eigenvalue weighted by Gasteiger charge is 2.25. The van der Waals surface area contributed by atoms with E-state index in [0.29, 0.717) is 42.9 Å². The normalized spacial score (nSPS) is 14.4. The quantitative estimate of drug-likeness (QED) is 0.849. The Labute approximate surface area is 153 Å². The highest BCUT2D eigenvalue weighted by molar-refractivity contribution is 5.96. The van der Waals surface area contributed by atoms with Crippen LogP contribution in [0, 0.1) is 12.7 Å². The molecule has 3 rings (SSSR count). The summed E-state index contributed by atoms with van der Waals surface area (Å²) in [5.41, 5.74) is 2.74. The molecule has 4 nitrogen and oxygen atoms in total. The van der Waals surface area contributed by atoms with Gasteiger partial charge in [-0.15, -0.1) is 0 Å². The third-order valence-electron chi connectivity index (χ3n) is 4.88. The molecule has 1 fully saturated rings. The summed E-state index contributed by atoms with van der Waals surface area (Å²) in [7, 11) is 0. The lowest BCUT2D eigenvalue weighted by atomic mass is 10.1.